The van der Waals surface area contributed by atoms with E-state index < -0.39 is 10.0 Å². The molecule has 0 saturated carbocycles. The Kier molecular flexibility index (Phi) is 5.04. The third-order valence-electron chi connectivity index (χ3n) is 3.55. The standard InChI is InChI=1S/C13H20ClN3O2S/c1-16-5-2-6-17(8-7-16)20(18,19)12-3-4-13(14)11(9-12)10-15/h3-4,9H,2,5-8,10,15H2,1H3. The van der Waals surface area contributed by atoms with E-state index in [0.717, 1.165) is 19.5 Å². The predicted octanol–water partition coefficient (Wildman–Crippen LogP) is 1.12. The Labute approximate surface area is 125 Å². The zero-order valence-electron chi connectivity index (χ0n) is 11.5. The summed E-state index contributed by atoms with van der Waals surface area (Å²) >= 11 is 5.98. The lowest BCUT2D eigenvalue weighted by Gasteiger charge is -2.20. The summed E-state index contributed by atoms with van der Waals surface area (Å²) in [7, 11) is -1.46. The van der Waals surface area contributed by atoms with Crippen LogP contribution in [0.1, 0.15) is 12.0 Å². The normalized spacial score (nSPS) is 18.9. The van der Waals surface area contributed by atoms with Gasteiger partial charge in [-0.05, 0) is 43.8 Å². The topological polar surface area (TPSA) is 66.6 Å². The van der Waals surface area contributed by atoms with Gasteiger partial charge in [0.25, 0.3) is 0 Å². The molecule has 0 aliphatic carbocycles. The largest absolute Gasteiger partial charge is 0.326 e. The lowest BCUT2D eigenvalue weighted by atomic mass is 10.2. The average molecular weight is 318 g/mol. The summed E-state index contributed by atoms with van der Waals surface area (Å²) < 4.78 is 26.8. The summed E-state index contributed by atoms with van der Waals surface area (Å²) in [4.78, 5) is 2.41. The second kappa shape index (κ2) is 6.41. The van der Waals surface area contributed by atoms with Gasteiger partial charge < -0.3 is 10.6 Å². The highest BCUT2D eigenvalue weighted by Crippen LogP contribution is 2.23. The van der Waals surface area contributed by atoms with E-state index >= 15 is 0 Å². The first-order valence-corrected chi connectivity index (χ1v) is 8.44. The van der Waals surface area contributed by atoms with Crippen molar-refractivity contribution in [2.45, 2.75) is 17.9 Å². The van der Waals surface area contributed by atoms with Crippen molar-refractivity contribution in [3.8, 4) is 0 Å². The molecule has 1 aliphatic rings. The molecule has 1 aliphatic heterocycles. The van der Waals surface area contributed by atoms with E-state index in [1.54, 1.807) is 22.5 Å². The number of hydrogen-bond donors (Lipinski definition) is 1. The van der Waals surface area contributed by atoms with E-state index in [1.165, 1.54) is 0 Å². The fourth-order valence-corrected chi connectivity index (χ4v) is 4.00. The number of likely N-dealkylation sites (N-methyl/N-ethyl adjacent to an activating group) is 1. The van der Waals surface area contributed by atoms with Crippen LogP contribution in [0, 0.1) is 0 Å². The molecule has 1 heterocycles. The quantitative estimate of drug-likeness (QED) is 0.907. The first-order chi connectivity index (χ1) is 9.45. The van der Waals surface area contributed by atoms with Crippen molar-refractivity contribution in [2.75, 3.05) is 33.2 Å². The van der Waals surface area contributed by atoms with Crippen LogP contribution in [0.25, 0.3) is 0 Å². The van der Waals surface area contributed by atoms with E-state index in [2.05, 4.69) is 4.90 Å². The Morgan fingerprint density at radius 1 is 1.25 bits per heavy atom. The maximum absolute atomic E-state index is 12.6. The molecule has 112 valence electrons. The molecule has 0 unspecified atom stereocenters. The Hall–Kier alpha value is -0.660. The van der Waals surface area contributed by atoms with Gasteiger partial charge in [-0.1, -0.05) is 11.6 Å². The highest BCUT2D eigenvalue weighted by Gasteiger charge is 2.26. The number of nitrogens with two attached hydrogens (primary N) is 1. The Morgan fingerprint density at radius 2 is 2.00 bits per heavy atom. The summed E-state index contributed by atoms with van der Waals surface area (Å²) in [6.45, 7) is 2.95. The van der Waals surface area contributed by atoms with Gasteiger partial charge in [-0.2, -0.15) is 4.31 Å². The van der Waals surface area contributed by atoms with Gasteiger partial charge >= 0.3 is 0 Å². The van der Waals surface area contributed by atoms with Gasteiger partial charge in [0.2, 0.25) is 10.0 Å². The molecular weight excluding hydrogens is 298 g/mol. The van der Waals surface area contributed by atoms with Gasteiger partial charge in [-0.25, -0.2) is 8.42 Å². The third kappa shape index (κ3) is 3.32. The fraction of sp³-hybridized carbons (Fsp3) is 0.538. The van der Waals surface area contributed by atoms with Gasteiger partial charge in [-0.3, -0.25) is 0 Å². The number of sulfonamides is 1. The number of rotatable bonds is 3. The van der Waals surface area contributed by atoms with Gasteiger partial charge in [0.1, 0.15) is 0 Å². The number of benzene rings is 1. The molecular formula is C13H20ClN3O2S. The molecule has 0 bridgehead atoms. The second-order valence-electron chi connectivity index (χ2n) is 5.02. The molecule has 0 spiro atoms. The molecule has 5 nitrogen and oxygen atoms in total. The second-order valence-corrected chi connectivity index (χ2v) is 7.36. The Morgan fingerprint density at radius 3 is 2.70 bits per heavy atom. The van der Waals surface area contributed by atoms with Crippen LogP contribution in [-0.2, 0) is 16.6 Å². The smallest absolute Gasteiger partial charge is 0.243 e. The van der Waals surface area contributed by atoms with Gasteiger partial charge in [0.15, 0.2) is 0 Å². The molecule has 1 aromatic rings. The van der Waals surface area contributed by atoms with Crippen LogP contribution in [0.5, 0.6) is 0 Å². The molecule has 0 radical (unpaired) electrons. The monoisotopic (exact) mass is 317 g/mol. The lowest BCUT2D eigenvalue weighted by Crippen LogP contribution is -2.34. The van der Waals surface area contributed by atoms with Gasteiger partial charge in [0.05, 0.1) is 4.90 Å². The van der Waals surface area contributed by atoms with Crippen LogP contribution in [0.2, 0.25) is 5.02 Å². The number of hydrogen-bond acceptors (Lipinski definition) is 4. The van der Waals surface area contributed by atoms with E-state index in [4.69, 9.17) is 17.3 Å². The van der Waals surface area contributed by atoms with Crippen molar-refractivity contribution in [1.82, 2.24) is 9.21 Å². The minimum absolute atomic E-state index is 0.227. The van der Waals surface area contributed by atoms with Crippen LogP contribution < -0.4 is 5.73 Å². The van der Waals surface area contributed by atoms with E-state index in [-0.39, 0.29) is 11.4 Å². The molecule has 1 fully saturated rings. The van der Waals surface area contributed by atoms with Crippen molar-refractivity contribution < 1.29 is 8.42 Å². The van der Waals surface area contributed by atoms with Crippen LogP contribution in [-0.4, -0.2) is 50.8 Å². The molecule has 1 aromatic carbocycles. The summed E-state index contributed by atoms with van der Waals surface area (Å²) in [5.74, 6) is 0. The van der Waals surface area contributed by atoms with Crippen molar-refractivity contribution in [3.05, 3.63) is 28.8 Å². The zero-order chi connectivity index (χ0) is 14.8. The molecule has 0 amide bonds. The van der Waals surface area contributed by atoms with Crippen molar-refractivity contribution in [2.24, 2.45) is 5.73 Å². The summed E-state index contributed by atoms with van der Waals surface area (Å²) in [5.41, 5.74) is 6.24. The Bertz CT molecular complexity index is 577. The molecule has 0 atom stereocenters. The molecule has 2 N–H and O–H groups in total. The first-order valence-electron chi connectivity index (χ1n) is 6.62. The lowest BCUT2D eigenvalue weighted by molar-refractivity contribution is 0.347. The van der Waals surface area contributed by atoms with Crippen LogP contribution >= 0.6 is 11.6 Å². The fourth-order valence-electron chi connectivity index (χ4n) is 2.28. The van der Waals surface area contributed by atoms with Crippen molar-refractivity contribution in [1.29, 1.82) is 0 Å². The van der Waals surface area contributed by atoms with Crippen LogP contribution in [0.3, 0.4) is 0 Å². The first kappa shape index (κ1) is 15.7. The van der Waals surface area contributed by atoms with Crippen LogP contribution in [0.15, 0.2) is 23.1 Å². The SMILES string of the molecule is CN1CCCN(S(=O)(=O)c2ccc(Cl)c(CN)c2)CC1. The maximum Gasteiger partial charge on any atom is 0.243 e. The molecule has 20 heavy (non-hydrogen) atoms. The average Bonchev–Trinajstić information content (AvgIpc) is 2.64. The van der Waals surface area contributed by atoms with Gasteiger partial charge in [-0.15, -0.1) is 0 Å². The Balaban J connectivity index is 2.29. The minimum atomic E-state index is -3.47. The molecule has 1 saturated heterocycles. The van der Waals surface area contributed by atoms with Gasteiger partial charge in [0, 0.05) is 31.2 Å². The third-order valence-corrected chi connectivity index (χ3v) is 5.82. The highest BCUT2D eigenvalue weighted by molar-refractivity contribution is 7.89. The van der Waals surface area contributed by atoms with E-state index in [9.17, 15) is 8.42 Å². The number of nitrogens with zero attached hydrogens (tertiary/aromatic N) is 2. The van der Waals surface area contributed by atoms with Crippen LogP contribution in [0.4, 0.5) is 0 Å². The molecule has 7 heteroatoms. The van der Waals surface area contributed by atoms with Crippen molar-refractivity contribution >= 4 is 21.6 Å². The molecule has 0 aromatic heterocycles. The molecule has 2 rings (SSSR count). The summed E-state index contributed by atoms with van der Waals surface area (Å²) in [6, 6.07) is 4.72. The highest BCUT2D eigenvalue weighted by atomic mass is 35.5. The van der Waals surface area contributed by atoms with E-state index in [0.29, 0.717) is 23.7 Å². The maximum atomic E-state index is 12.6. The zero-order valence-corrected chi connectivity index (χ0v) is 13.1. The summed E-state index contributed by atoms with van der Waals surface area (Å²) in [6.07, 6.45) is 0.840. The van der Waals surface area contributed by atoms with Crippen molar-refractivity contribution in [3.63, 3.8) is 0 Å². The predicted molar refractivity (Wildman–Crippen MR) is 80.2 cm³/mol. The number of halogens is 1. The minimum Gasteiger partial charge on any atom is -0.326 e. The summed E-state index contributed by atoms with van der Waals surface area (Å²) in [5, 5.41) is 0.502. The van der Waals surface area contributed by atoms with E-state index in [1.807, 2.05) is 7.05 Å².